The molecule has 2 heterocycles. The summed E-state index contributed by atoms with van der Waals surface area (Å²) >= 11 is 5.98. The minimum Gasteiger partial charge on any atom is -0.440 e. The van der Waals surface area contributed by atoms with Gasteiger partial charge in [-0.1, -0.05) is 11.6 Å². The summed E-state index contributed by atoms with van der Waals surface area (Å²) in [7, 11) is 2.05. The molecule has 3 aromatic rings. The second kappa shape index (κ2) is 7.94. The van der Waals surface area contributed by atoms with Gasteiger partial charge in [0.05, 0.1) is 0 Å². The molecular formula is C22H21ClN4O2. The van der Waals surface area contributed by atoms with E-state index < -0.39 is 0 Å². The molecule has 6 nitrogen and oxygen atoms in total. The molecular weight excluding hydrogens is 388 g/mol. The fourth-order valence-corrected chi connectivity index (χ4v) is 4.52. The van der Waals surface area contributed by atoms with Crippen LogP contribution in [0.3, 0.4) is 0 Å². The molecule has 7 heteroatoms. The van der Waals surface area contributed by atoms with E-state index in [1.54, 1.807) is 6.07 Å². The van der Waals surface area contributed by atoms with Gasteiger partial charge in [0, 0.05) is 28.7 Å². The molecule has 0 bridgehead atoms. The number of oxazole rings is 1. The Balaban J connectivity index is 0.000000174. The highest BCUT2D eigenvalue weighted by molar-refractivity contribution is 6.31. The average Bonchev–Trinajstić information content (AvgIpc) is 3.09. The smallest absolute Gasteiger partial charge is 0.198 e. The lowest BCUT2D eigenvalue weighted by molar-refractivity contribution is -0.0251. The number of carbonyl (C=O) groups excluding carboxylic acids is 1. The Morgan fingerprint density at radius 2 is 2.07 bits per heavy atom. The third-order valence-corrected chi connectivity index (χ3v) is 6.11. The number of hydrogen-bond acceptors (Lipinski definition) is 6. The van der Waals surface area contributed by atoms with E-state index in [1.807, 2.05) is 24.3 Å². The normalized spacial score (nSPS) is 24.7. The Hall–Kier alpha value is -2.75. The number of pyridine rings is 1. The van der Waals surface area contributed by atoms with Crippen molar-refractivity contribution in [1.29, 1.82) is 5.26 Å². The summed E-state index contributed by atoms with van der Waals surface area (Å²) in [5, 5.41) is 12.4. The minimum atomic E-state index is 0.268. The van der Waals surface area contributed by atoms with Crippen molar-refractivity contribution >= 4 is 29.0 Å². The summed E-state index contributed by atoms with van der Waals surface area (Å²) in [5.74, 6) is 1.40. The molecule has 0 unspecified atom stereocenters. The van der Waals surface area contributed by atoms with E-state index in [2.05, 4.69) is 22.3 Å². The Morgan fingerprint density at radius 1 is 1.28 bits per heavy atom. The first-order valence-electron chi connectivity index (χ1n) is 9.59. The molecule has 0 saturated heterocycles. The fourth-order valence-electron chi connectivity index (χ4n) is 4.36. The standard InChI is InChI=1S/C15H17ClN2O.C7H4N2O/c1-17-11-7-15(8-11)5-9(6-15)14-18-12-4-10(16)2-3-13(12)19-14;8-4-7-3-6(5-10)1-2-9-7/h2-4,9,11,17H,5-8H2,1H3;1-3,5H. The van der Waals surface area contributed by atoms with Crippen LogP contribution in [0.4, 0.5) is 0 Å². The monoisotopic (exact) mass is 408 g/mol. The van der Waals surface area contributed by atoms with Crippen LogP contribution in [0.1, 0.15) is 53.5 Å². The third kappa shape index (κ3) is 4.02. The molecule has 2 aliphatic carbocycles. The van der Waals surface area contributed by atoms with Crippen LogP contribution in [-0.2, 0) is 0 Å². The zero-order valence-corrected chi connectivity index (χ0v) is 16.8. The van der Waals surface area contributed by atoms with Gasteiger partial charge in [-0.2, -0.15) is 5.26 Å². The van der Waals surface area contributed by atoms with Gasteiger partial charge in [0.25, 0.3) is 0 Å². The van der Waals surface area contributed by atoms with Gasteiger partial charge in [0.2, 0.25) is 0 Å². The molecule has 1 spiro atoms. The first kappa shape index (κ1) is 19.6. The SMILES string of the molecule is CNC1CC2(C1)CC(c1nc3cc(Cl)ccc3o1)C2.N#Cc1cc(C=O)ccn1. The molecule has 5 rings (SSSR count). The lowest BCUT2D eigenvalue weighted by Gasteiger charge is -2.57. The van der Waals surface area contributed by atoms with Crippen molar-refractivity contribution in [1.82, 2.24) is 15.3 Å². The van der Waals surface area contributed by atoms with Crippen molar-refractivity contribution in [2.45, 2.75) is 37.6 Å². The highest BCUT2D eigenvalue weighted by Gasteiger charge is 2.53. The molecule has 29 heavy (non-hydrogen) atoms. The molecule has 0 radical (unpaired) electrons. The summed E-state index contributed by atoms with van der Waals surface area (Å²) in [6.07, 6.45) is 7.19. The number of nitriles is 1. The van der Waals surface area contributed by atoms with Crippen molar-refractivity contribution in [3.8, 4) is 6.07 Å². The number of aldehydes is 1. The van der Waals surface area contributed by atoms with Gasteiger partial charge in [-0.3, -0.25) is 4.79 Å². The van der Waals surface area contributed by atoms with Crippen LogP contribution in [-0.4, -0.2) is 29.3 Å². The van der Waals surface area contributed by atoms with Crippen LogP contribution in [0.15, 0.2) is 40.9 Å². The van der Waals surface area contributed by atoms with Crippen LogP contribution in [0, 0.1) is 16.7 Å². The topological polar surface area (TPSA) is 91.8 Å². The van der Waals surface area contributed by atoms with Crippen LogP contribution < -0.4 is 5.32 Å². The van der Waals surface area contributed by atoms with Gasteiger partial charge < -0.3 is 9.73 Å². The van der Waals surface area contributed by atoms with Gasteiger partial charge in [-0.25, -0.2) is 9.97 Å². The van der Waals surface area contributed by atoms with E-state index in [0.717, 1.165) is 23.0 Å². The minimum absolute atomic E-state index is 0.268. The first-order chi connectivity index (χ1) is 14.0. The van der Waals surface area contributed by atoms with Crippen LogP contribution in [0.25, 0.3) is 11.1 Å². The molecule has 0 aliphatic heterocycles. The Kier molecular flexibility index (Phi) is 5.35. The van der Waals surface area contributed by atoms with Crippen molar-refractivity contribution < 1.29 is 9.21 Å². The van der Waals surface area contributed by atoms with Crippen LogP contribution in [0.2, 0.25) is 5.02 Å². The first-order valence-corrected chi connectivity index (χ1v) is 9.96. The molecule has 2 fully saturated rings. The number of hydrogen-bond donors (Lipinski definition) is 1. The van der Waals surface area contributed by atoms with E-state index in [4.69, 9.17) is 21.3 Å². The maximum absolute atomic E-state index is 10.1. The Morgan fingerprint density at radius 3 is 2.76 bits per heavy atom. The lowest BCUT2D eigenvalue weighted by Crippen LogP contribution is -2.53. The number of halogens is 1. The number of rotatable bonds is 3. The summed E-state index contributed by atoms with van der Waals surface area (Å²) in [5.41, 5.74) is 3.06. The zero-order valence-electron chi connectivity index (χ0n) is 16.1. The number of fused-ring (bicyclic) bond motifs is 1. The summed E-state index contributed by atoms with van der Waals surface area (Å²) in [6.45, 7) is 0. The average molecular weight is 409 g/mol. The molecule has 148 valence electrons. The molecule has 2 aliphatic rings. The summed E-state index contributed by atoms with van der Waals surface area (Å²) in [4.78, 5) is 18.4. The Labute approximate surface area is 173 Å². The zero-order chi connectivity index (χ0) is 20.4. The van der Waals surface area contributed by atoms with Crippen molar-refractivity contribution in [2.75, 3.05) is 7.05 Å². The van der Waals surface area contributed by atoms with E-state index in [1.165, 1.54) is 37.9 Å². The third-order valence-electron chi connectivity index (χ3n) is 5.88. The molecule has 2 saturated carbocycles. The highest BCUT2D eigenvalue weighted by atomic mass is 35.5. The number of carbonyl (C=O) groups is 1. The van der Waals surface area contributed by atoms with Gasteiger partial charge in [0.15, 0.2) is 11.5 Å². The van der Waals surface area contributed by atoms with E-state index >= 15 is 0 Å². The van der Waals surface area contributed by atoms with Crippen molar-refractivity contribution in [3.05, 3.63) is 58.7 Å². The predicted octanol–water partition coefficient (Wildman–Crippen LogP) is 4.49. The van der Waals surface area contributed by atoms with Gasteiger partial charge >= 0.3 is 0 Å². The fraction of sp³-hybridized carbons (Fsp3) is 0.364. The molecule has 1 aromatic carbocycles. The molecule has 2 aromatic heterocycles. The Bertz CT molecular complexity index is 1070. The second-order valence-electron chi connectivity index (χ2n) is 7.87. The number of benzene rings is 1. The van der Waals surface area contributed by atoms with E-state index in [0.29, 0.717) is 28.2 Å². The summed E-state index contributed by atoms with van der Waals surface area (Å²) in [6, 6.07) is 11.2. The number of nitrogens with one attached hydrogen (secondary N) is 1. The second-order valence-corrected chi connectivity index (χ2v) is 8.30. The summed E-state index contributed by atoms with van der Waals surface area (Å²) < 4.78 is 5.86. The maximum atomic E-state index is 10.1. The van der Waals surface area contributed by atoms with Gasteiger partial charge in [-0.15, -0.1) is 0 Å². The maximum Gasteiger partial charge on any atom is 0.198 e. The van der Waals surface area contributed by atoms with Gasteiger partial charge in [-0.05, 0) is 68.5 Å². The largest absolute Gasteiger partial charge is 0.440 e. The number of nitrogens with zero attached hydrogens (tertiary/aromatic N) is 3. The van der Waals surface area contributed by atoms with Crippen LogP contribution in [0.5, 0.6) is 0 Å². The van der Waals surface area contributed by atoms with E-state index in [-0.39, 0.29) is 5.69 Å². The van der Waals surface area contributed by atoms with Crippen molar-refractivity contribution in [3.63, 3.8) is 0 Å². The van der Waals surface area contributed by atoms with E-state index in [9.17, 15) is 4.79 Å². The molecule has 0 atom stereocenters. The quantitative estimate of drug-likeness (QED) is 0.642. The lowest BCUT2D eigenvalue weighted by atomic mass is 9.50. The predicted molar refractivity (Wildman–Crippen MR) is 110 cm³/mol. The highest BCUT2D eigenvalue weighted by Crippen LogP contribution is 2.61. The van der Waals surface area contributed by atoms with Crippen molar-refractivity contribution in [2.24, 2.45) is 5.41 Å². The molecule has 0 amide bonds. The van der Waals surface area contributed by atoms with Crippen LogP contribution >= 0.6 is 11.6 Å². The molecule has 1 N–H and O–H groups in total. The van der Waals surface area contributed by atoms with Gasteiger partial charge in [0.1, 0.15) is 23.6 Å². The number of aromatic nitrogens is 2.